The number of nitrogens with zero attached hydrogens (tertiary/aromatic N) is 4. The molecule has 1 aromatic carbocycles. The maximum Gasteiger partial charge on any atom is 0.233 e. The first-order valence-corrected chi connectivity index (χ1v) is 12.7. The number of anilines is 1. The first-order valence-electron chi connectivity index (χ1n) is 9.83. The minimum absolute atomic E-state index is 0.104. The van der Waals surface area contributed by atoms with E-state index in [-0.39, 0.29) is 5.91 Å². The highest BCUT2D eigenvalue weighted by atomic mass is 32.2. The van der Waals surface area contributed by atoms with Crippen LogP contribution in [-0.2, 0) is 21.4 Å². The maximum atomic E-state index is 12.4. The molecular formula is C20H23N5O4S2. The lowest BCUT2D eigenvalue weighted by molar-refractivity contribution is -0.127. The van der Waals surface area contributed by atoms with Gasteiger partial charge in [-0.3, -0.25) is 14.1 Å². The summed E-state index contributed by atoms with van der Waals surface area (Å²) in [6, 6.07) is 10.6. The second-order valence-corrected chi connectivity index (χ2v) is 9.99. The monoisotopic (exact) mass is 461 g/mol. The Hall–Kier alpha value is -2.79. The van der Waals surface area contributed by atoms with E-state index in [1.165, 1.54) is 11.8 Å². The first-order chi connectivity index (χ1) is 14.9. The molecule has 3 heterocycles. The quantitative estimate of drug-likeness (QED) is 0.514. The van der Waals surface area contributed by atoms with Crippen LogP contribution in [0, 0.1) is 0 Å². The van der Waals surface area contributed by atoms with Crippen LogP contribution in [0.25, 0.3) is 11.4 Å². The van der Waals surface area contributed by atoms with Gasteiger partial charge in [-0.05, 0) is 49.2 Å². The summed E-state index contributed by atoms with van der Waals surface area (Å²) in [4.78, 5) is 14.3. The van der Waals surface area contributed by atoms with E-state index in [0.29, 0.717) is 29.0 Å². The average molecular weight is 462 g/mol. The summed E-state index contributed by atoms with van der Waals surface area (Å²) < 4.78 is 32.7. The molecule has 0 atom stereocenters. The Balaban J connectivity index is 1.57. The van der Waals surface area contributed by atoms with Crippen molar-refractivity contribution in [1.82, 2.24) is 19.7 Å². The zero-order valence-electron chi connectivity index (χ0n) is 17.0. The molecule has 0 aliphatic carbocycles. The van der Waals surface area contributed by atoms with E-state index < -0.39 is 10.0 Å². The summed E-state index contributed by atoms with van der Waals surface area (Å²) in [5.41, 5.74) is 1.24. The van der Waals surface area contributed by atoms with Gasteiger partial charge < -0.3 is 9.32 Å². The number of hydrogen-bond acceptors (Lipinski definition) is 7. The highest BCUT2D eigenvalue weighted by Crippen LogP contribution is 2.27. The SMILES string of the molecule is CS(=O)(=O)Nc1ccc(-c2nnc(SCC(=O)N3CCCC3)n2Cc2ccco2)cc1. The number of amides is 1. The van der Waals surface area contributed by atoms with Crippen molar-refractivity contribution in [3.63, 3.8) is 0 Å². The third kappa shape index (κ3) is 5.47. The summed E-state index contributed by atoms with van der Waals surface area (Å²) in [6.45, 7) is 2.05. The van der Waals surface area contributed by atoms with Crippen LogP contribution in [0.4, 0.5) is 5.69 Å². The van der Waals surface area contributed by atoms with E-state index in [9.17, 15) is 13.2 Å². The number of hydrogen-bond donors (Lipinski definition) is 1. The summed E-state index contributed by atoms with van der Waals surface area (Å²) in [5, 5.41) is 9.26. The Morgan fingerprint density at radius 1 is 1.16 bits per heavy atom. The van der Waals surface area contributed by atoms with Gasteiger partial charge in [-0.1, -0.05) is 11.8 Å². The Morgan fingerprint density at radius 2 is 1.90 bits per heavy atom. The van der Waals surface area contributed by atoms with E-state index in [4.69, 9.17) is 4.42 Å². The summed E-state index contributed by atoms with van der Waals surface area (Å²) in [7, 11) is -3.35. The molecule has 0 radical (unpaired) electrons. The lowest BCUT2D eigenvalue weighted by atomic mass is 10.2. The number of furan rings is 1. The molecule has 11 heteroatoms. The molecule has 0 saturated carbocycles. The highest BCUT2D eigenvalue weighted by molar-refractivity contribution is 7.99. The standard InChI is InChI=1S/C20H23N5O4S2/c1-31(27,28)23-16-8-6-15(7-9-16)19-21-22-20(25(19)13-17-5-4-12-29-17)30-14-18(26)24-10-2-3-11-24/h4-9,12,23H,2-3,10-11,13-14H2,1H3. The summed E-state index contributed by atoms with van der Waals surface area (Å²) in [6.07, 6.45) is 4.82. The largest absolute Gasteiger partial charge is 0.467 e. The van der Waals surface area contributed by atoms with E-state index in [1.54, 1.807) is 30.5 Å². The number of aromatic nitrogens is 3. The van der Waals surface area contributed by atoms with Gasteiger partial charge >= 0.3 is 0 Å². The van der Waals surface area contributed by atoms with Crippen molar-refractivity contribution >= 4 is 33.4 Å². The number of carbonyl (C=O) groups is 1. The Bertz CT molecular complexity index is 1130. The van der Waals surface area contributed by atoms with Crippen molar-refractivity contribution < 1.29 is 17.6 Å². The van der Waals surface area contributed by atoms with Gasteiger partial charge in [0.1, 0.15) is 5.76 Å². The fraction of sp³-hybridized carbons (Fsp3) is 0.350. The zero-order valence-corrected chi connectivity index (χ0v) is 18.7. The van der Waals surface area contributed by atoms with Gasteiger partial charge in [-0.2, -0.15) is 0 Å². The topological polar surface area (TPSA) is 110 Å². The van der Waals surface area contributed by atoms with Gasteiger partial charge in [-0.25, -0.2) is 8.42 Å². The molecule has 0 unspecified atom stereocenters. The fourth-order valence-corrected chi connectivity index (χ4v) is 4.80. The van der Waals surface area contributed by atoms with Gasteiger partial charge in [-0.15, -0.1) is 10.2 Å². The van der Waals surface area contributed by atoms with Crippen LogP contribution >= 0.6 is 11.8 Å². The number of carbonyl (C=O) groups excluding carboxylic acids is 1. The molecule has 1 N–H and O–H groups in total. The smallest absolute Gasteiger partial charge is 0.233 e. The maximum absolute atomic E-state index is 12.4. The predicted molar refractivity (Wildman–Crippen MR) is 118 cm³/mol. The first kappa shape index (κ1) is 21.4. The summed E-state index contributed by atoms with van der Waals surface area (Å²) in [5.74, 6) is 1.75. The molecule has 1 aliphatic rings. The second-order valence-electron chi connectivity index (χ2n) is 7.30. The second kappa shape index (κ2) is 9.15. The highest BCUT2D eigenvalue weighted by Gasteiger charge is 2.21. The lowest BCUT2D eigenvalue weighted by Gasteiger charge is -2.15. The van der Waals surface area contributed by atoms with Gasteiger partial charge in [0, 0.05) is 24.3 Å². The van der Waals surface area contributed by atoms with Crippen LogP contribution in [0.3, 0.4) is 0 Å². The van der Waals surface area contributed by atoms with Crippen molar-refractivity contribution in [2.24, 2.45) is 0 Å². The molecule has 2 aromatic heterocycles. The number of benzene rings is 1. The number of rotatable bonds is 8. The molecule has 9 nitrogen and oxygen atoms in total. The minimum Gasteiger partial charge on any atom is -0.467 e. The number of nitrogens with one attached hydrogen (secondary N) is 1. The number of thioether (sulfide) groups is 1. The van der Waals surface area contributed by atoms with Gasteiger partial charge in [0.15, 0.2) is 11.0 Å². The fourth-order valence-electron chi connectivity index (χ4n) is 3.40. The number of sulfonamides is 1. The van der Waals surface area contributed by atoms with Crippen LogP contribution in [0.5, 0.6) is 0 Å². The molecular weight excluding hydrogens is 438 g/mol. The van der Waals surface area contributed by atoms with Gasteiger partial charge in [0.05, 0.1) is 24.8 Å². The molecule has 1 fully saturated rings. The normalized spacial score (nSPS) is 14.2. The lowest BCUT2D eigenvalue weighted by Crippen LogP contribution is -2.29. The van der Waals surface area contributed by atoms with Crippen LogP contribution in [0.15, 0.2) is 52.2 Å². The van der Waals surface area contributed by atoms with Crippen LogP contribution in [0.1, 0.15) is 18.6 Å². The third-order valence-corrected chi connectivity index (χ3v) is 6.40. The Morgan fingerprint density at radius 3 is 2.55 bits per heavy atom. The van der Waals surface area contributed by atoms with E-state index in [0.717, 1.165) is 43.5 Å². The summed E-state index contributed by atoms with van der Waals surface area (Å²) >= 11 is 1.36. The van der Waals surface area contributed by atoms with Crippen molar-refractivity contribution in [2.45, 2.75) is 24.5 Å². The van der Waals surface area contributed by atoms with E-state index in [2.05, 4.69) is 14.9 Å². The molecule has 164 valence electrons. The Labute approximate surface area is 184 Å². The van der Waals surface area contributed by atoms with Gasteiger partial charge in [0.25, 0.3) is 0 Å². The molecule has 1 amide bonds. The Kier molecular flexibility index (Phi) is 6.33. The molecule has 1 aliphatic heterocycles. The van der Waals surface area contributed by atoms with Crippen molar-refractivity contribution in [1.29, 1.82) is 0 Å². The molecule has 1 saturated heterocycles. The molecule has 3 aromatic rings. The van der Waals surface area contributed by atoms with Crippen molar-refractivity contribution in [3.05, 3.63) is 48.4 Å². The average Bonchev–Trinajstić information content (AvgIpc) is 3.49. The molecule has 4 rings (SSSR count). The zero-order chi connectivity index (χ0) is 21.8. The van der Waals surface area contributed by atoms with Crippen molar-refractivity contribution in [2.75, 3.05) is 29.8 Å². The van der Waals surface area contributed by atoms with Crippen LogP contribution in [0.2, 0.25) is 0 Å². The minimum atomic E-state index is -3.35. The van der Waals surface area contributed by atoms with E-state index in [1.807, 2.05) is 21.6 Å². The predicted octanol–water partition coefficient (Wildman–Crippen LogP) is 2.67. The van der Waals surface area contributed by atoms with Crippen LogP contribution < -0.4 is 4.72 Å². The third-order valence-electron chi connectivity index (χ3n) is 4.84. The molecule has 0 spiro atoms. The molecule has 0 bridgehead atoms. The number of likely N-dealkylation sites (tertiary alicyclic amines) is 1. The van der Waals surface area contributed by atoms with Crippen molar-refractivity contribution in [3.8, 4) is 11.4 Å². The molecule has 31 heavy (non-hydrogen) atoms. The van der Waals surface area contributed by atoms with Gasteiger partial charge in [0.2, 0.25) is 15.9 Å². The van der Waals surface area contributed by atoms with E-state index >= 15 is 0 Å². The van der Waals surface area contributed by atoms with Crippen LogP contribution in [-0.4, -0.2) is 59.1 Å².